The van der Waals surface area contributed by atoms with Gasteiger partial charge in [-0.2, -0.15) is 0 Å². The number of anilines is 2. The van der Waals surface area contributed by atoms with Crippen LogP contribution < -0.4 is 15.4 Å². The molecule has 5 nitrogen and oxygen atoms in total. The highest BCUT2D eigenvalue weighted by Crippen LogP contribution is 2.16. The van der Waals surface area contributed by atoms with E-state index in [2.05, 4.69) is 17.6 Å². The number of carbonyl (C=O) groups is 2. The second-order valence-corrected chi connectivity index (χ2v) is 5.72. The van der Waals surface area contributed by atoms with Crippen LogP contribution in [0.3, 0.4) is 0 Å². The summed E-state index contributed by atoms with van der Waals surface area (Å²) in [5.41, 5.74) is 2.44. The molecule has 132 valence electrons. The Morgan fingerprint density at radius 3 is 2.28 bits per heavy atom. The normalized spacial score (nSPS) is 10.2. The lowest BCUT2D eigenvalue weighted by molar-refractivity contribution is -0.118. The minimum absolute atomic E-state index is 0.0369. The molecule has 0 saturated heterocycles. The number of amides is 2. The standard InChI is InChI=1S/C20H24N2O3/c1-3-7-19(23)21-16-9-6-10-17(13-16)22-20(24)14-25-18-11-5-8-15(4-2)12-18/h5-6,8-13H,3-4,7,14H2,1-2H3,(H,21,23)(H,22,24). The van der Waals surface area contributed by atoms with Gasteiger partial charge in [-0.1, -0.05) is 32.0 Å². The summed E-state index contributed by atoms with van der Waals surface area (Å²) in [7, 11) is 0. The summed E-state index contributed by atoms with van der Waals surface area (Å²) in [6, 6.07) is 14.8. The zero-order chi connectivity index (χ0) is 18.1. The van der Waals surface area contributed by atoms with Gasteiger partial charge in [-0.15, -0.1) is 0 Å². The van der Waals surface area contributed by atoms with Crippen LogP contribution in [0.25, 0.3) is 0 Å². The molecular weight excluding hydrogens is 316 g/mol. The van der Waals surface area contributed by atoms with Crippen LogP contribution >= 0.6 is 0 Å². The molecule has 0 aliphatic carbocycles. The minimum Gasteiger partial charge on any atom is -0.484 e. The van der Waals surface area contributed by atoms with Crippen molar-refractivity contribution in [2.24, 2.45) is 0 Å². The number of aryl methyl sites for hydroxylation is 1. The highest BCUT2D eigenvalue weighted by molar-refractivity contribution is 5.94. The van der Waals surface area contributed by atoms with Crippen LogP contribution in [0.4, 0.5) is 11.4 Å². The molecule has 0 aromatic heterocycles. The van der Waals surface area contributed by atoms with Crippen molar-refractivity contribution in [1.82, 2.24) is 0 Å². The first kappa shape index (κ1) is 18.5. The Morgan fingerprint density at radius 1 is 0.920 bits per heavy atom. The molecule has 0 fully saturated rings. The van der Waals surface area contributed by atoms with Crippen molar-refractivity contribution < 1.29 is 14.3 Å². The van der Waals surface area contributed by atoms with Crippen LogP contribution in [-0.2, 0) is 16.0 Å². The predicted molar refractivity (Wildman–Crippen MR) is 99.9 cm³/mol. The number of carbonyl (C=O) groups excluding carboxylic acids is 2. The van der Waals surface area contributed by atoms with Gasteiger partial charge in [0.2, 0.25) is 5.91 Å². The third kappa shape index (κ3) is 6.30. The SMILES string of the molecule is CCCC(=O)Nc1cccc(NC(=O)COc2cccc(CC)c2)c1. The molecule has 2 amide bonds. The van der Waals surface area contributed by atoms with Gasteiger partial charge in [0.1, 0.15) is 5.75 Å². The summed E-state index contributed by atoms with van der Waals surface area (Å²) in [5.74, 6) is 0.388. The van der Waals surface area contributed by atoms with E-state index in [1.807, 2.05) is 31.2 Å². The predicted octanol–water partition coefficient (Wildman–Crippen LogP) is 4.01. The maximum atomic E-state index is 12.1. The number of ether oxygens (including phenoxy) is 1. The number of hydrogen-bond donors (Lipinski definition) is 2. The summed E-state index contributed by atoms with van der Waals surface area (Å²) < 4.78 is 5.53. The first-order valence-electron chi connectivity index (χ1n) is 8.52. The van der Waals surface area contributed by atoms with E-state index in [4.69, 9.17) is 4.74 Å². The molecule has 0 radical (unpaired) electrons. The molecule has 0 bridgehead atoms. The second kappa shape index (κ2) is 9.47. The van der Waals surface area contributed by atoms with E-state index in [0.717, 1.165) is 18.4 Å². The van der Waals surface area contributed by atoms with Gasteiger partial charge in [-0.3, -0.25) is 9.59 Å². The van der Waals surface area contributed by atoms with Gasteiger partial charge in [0, 0.05) is 17.8 Å². The highest BCUT2D eigenvalue weighted by Gasteiger charge is 2.06. The van der Waals surface area contributed by atoms with Crippen molar-refractivity contribution in [2.75, 3.05) is 17.2 Å². The average molecular weight is 340 g/mol. The molecular formula is C20H24N2O3. The molecule has 5 heteroatoms. The van der Waals surface area contributed by atoms with Gasteiger partial charge in [0.15, 0.2) is 6.61 Å². The molecule has 2 aromatic carbocycles. The Hall–Kier alpha value is -2.82. The number of benzene rings is 2. The third-order valence-electron chi connectivity index (χ3n) is 3.58. The van der Waals surface area contributed by atoms with Gasteiger partial charge in [0.25, 0.3) is 5.91 Å². The molecule has 0 spiro atoms. The van der Waals surface area contributed by atoms with E-state index < -0.39 is 0 Å². The highest BCUT2D eigenvalue weighted by atomic mass is 16.5. The fourth-order valence-electron chi connectivity index (χ4n) is 2.33. The molecule has 0 aliphatic rings. The van der Waals surface area contributed by atoms with Crippen LogP contribution in [0, 0.1) is 0 Å². The number of rotatable bonds is 8. The van der Waals surface area contributed by atoms with Gasteiger partial charge < -0.3 is 15.4 Å². The van der Waals surface area contributed by atoms with Crippen molar-refractivity contribution in [3.63, 3.8) is 0 Å². The second-order valence-electron chi connectivity index (χ2n) is 5.72. The van der Waals surface area contributed by atoms with Gasteiger partial charge in [0.05, 0.1) is 0 Å². The first-order valence-corrected chi connectivity index (χ1v) is 8.52. The zero-order valence-corrected chi connectivity index (χ0v) is 14.7. The van der Waals surface area contributed by atoms with Crippen LogP contribution in [0.1, 0.15) is 32.3 Å². The van der Waals surface area contributed by atoms with Crippen molar-refractivity contribution >= 4 is 23.2 Å². The molecule has 2 N–H and O–H groups in total. The lowest BCUT2D eigenvalue weighted by Gasteiger charge is -2.10. The number of hydrogen-bond acceptors (Lipinski definition) is 3. The Labute approximate surface area is 148 Å². The summed E-state index contributed by atoms with van der Waals surface area (Å²) in [5, 5.41) is 5.58. The smallest absolute Gasteiger partial charge is 0.262 e. The lowest BCUT2D eigenvalue weighted by atomic mass is 10.2. The summed E-state index contributed by atoms with van der Waals surface area (Å²) in [6.07, 6.45) is 2.18. The molecule has 0 unspecified atom stereocenters. The molecule has 0 atom stereocenters. The average Bonchev–Trinajstić information content (AvgIpc) is 2.60. The van der Waals surface area contributed by atoms with Crippen molar-refractivity contribution in [1.29, 1.82) is 0 Å². The Bertz CT molecular complexity index is 728. The molecule has 0 heterocycles. The van der Waals surface area contributed by atoms with Gasteiger partial charge in [-0.25, -0.2) is 0 Å². The summed E-state index contributed by atoms with van der Waals surface area (Å²) in [6.45, 7) is 3.95. The van der Waals surface area contributed by atoms with Crippen molar-refractivity contribution in [3.8, 4) is 5.75 Å². The fourth-order valence-corrected chi connectivity index (χ4v) is 2.33. The lowest BCUT2D eigenvalue weighted by Crippen LogP contribution is -2.20. The topological polar surface area (TPSA) is 67.4 Å². The van der Waals surface area contributed by atoms with Crippen LogP contribution in [0.2, 0.25) is 0 Å². The molecule has 2 aromatic rings. The number of nitrogens with one attached hydrogen (secondary N) is 2. The van der Waals surface area contributed by atoms with E-state index in [1.165, 1.54) is 0 Å². The third-order valence-corrected chi connectivity index (χ3v) is 3.58. The fraction of sp³-hybridized carbons (Fsp3) is 0.300. The van der Waals surface area contributed by atoms with E-state index in [-0.39, 0.29) is 18.4 Å². The monoisotopic (exact) mass is 340 g/mol. The maximum Gasteiger partial charge on any atom is 0.262 e. The largest absolute Gasteiger partial charge is 0.484 e. The molecule has 0 aliphatic heterocycles. The molecule has 25 heavy (non-hydrogen) atoms. The maximum absolute atomic E-state index is 12.1. The Morgan fingerprint density at radius 2 is 1.60 bits per heavy atom. The molecule has 0 saturated carbocycles. The van der Waals surface area contributed by atoms with Crippen molar-refractivity contribution in [2.45, 2.75) is 33.1 Å². The molecule has 2 rings (SSSR count). The summed E-state index contributed by atoms with van der Waals surface area (Å²) >= 11 is 0. The van der Waals surface area contributed by atoms with Gasteiger partial charge >= 0.3 is 0 Å². The van der Waals surface area contributed by atoms with Crippen LogP contribution in [-0.4, -0.2) is 18.4 Å². The minimum atomic E-state index is -0.251. The zero-order valence-electron chi connectivity index (χ0n) is 14.7. The first-order chi connectivity index (χ1) is 12.1. The quantitative estimate of drug-likeness (QED) is 0.763. The Balaban J connectivity index is 1.88. The van der Waals surface area contributed by atoms with E-state index in [1.54, 1.807) is 24.3 Å². The van der Waals surface area contributed by atoms with Crippen molar-refractivity contribution in [3.05, 3.63) is 54.1 Å². The Kier molecular flexibility index (Phi) is 7.01. The summed E-state index contributed by atoms with van der Waals surface area (Å²) in [4.78, 5) is 23.7. The van der Waals surface area contributed by atoms with E-state index in [9.17, 15) is 9.59 Å². The van der Waals surface area contributed by atoms with Gasteiger partial charge in [-0.05, 0) is 48.7 Å². The van der Waals surface area contributed by atoms with Crippen LogP contribution in [0.5, 0.6) is 5.75 Å². The van der Waals surface area contributed by atoms with E-state index in [0.29, 0.717) is 23.5 Å². The van der Waals surface area contributed by atoms with Crippen LogP contribution in [0.15, 0.2) is 48.5 Å². The van der Waals surface area contributed by atoms with E-state index >= 15 is 0 Å².